The Kier molecular flexibility index (Phi) is 2.40. The third-order valence-corrected chi connectivity index (χ3v) is 2.65. The first kappa shape index (κ1) is 9.07. The molecule has 0 amide bonds. The van der Waals surface area contributed by atoms with E-state index in [4.69, 9.17) is 0 Å². The van der Waals surface area contributed by atoms with E-state index in [1.807, 2.05) is 0 Å². The summed E-state index contributed by atoms with van der Waals surface area (Å²) in [5.74, 6) is 0.484. The second-order valence-electron chi connectivity index (χ2n) is 3.74. The molecule has 0 saturated carbocycles. The van der Waals surface area contributed by atoms with Crippen LogP contribution in [0.15, 0.2) is 48.8 Å². The Morgan fingerprint density at radius 2 is 1.71 bits per heavy atom. The van der Waals surface area contributed by atoms with Gasteiger partial charge in [-0.25, -0.2) is 0 Å². The highest BCUT2D eigenvalue weighted by atomic mass is 14.9. The third kappa shape index (κ3) is 1.72. The number of aryl methyl sites for hydroxylation is 1. The fourth-order valence-electron chi connectivity index (χ4n) is 1.72. The van der Waals surface area contributed by atoms with Crippen molar-refractivity contribution in [3.63, 3.8) is 0 Å². The summed E-state index contributed by atoms with van der Waals surface area (Å²) in [6.45, 7) is 2.24. The lowest BCUT2D eigenvalue weighted by Crippen LogP contribution is -1.93. The van der Waals surface area contributed by atoms with E-state index in [0.717, 1.165) is 0 Å². The quantitative estimate of drug-likeness (QED) is 0.677. The van der Waals surface area contributed by atoms with Gasteiger partial charge in [-0.3, -0.25) is 0 Å². The molecule has 0 aliphatic rings. The van der Waals surface area contributed by atoms with Gasteiger partial charge in [-0.05, 0) is 17.2 Å². The van der Waals surface area contributed by atoms with Crippen LogP contribution in [-0.2, 0) is 7.05 Å². The van der Waals surface area contributed by atoms with E-state index < -0.39 is 0 Å². The van der Waals surface area contributed by atoms with Crippen LogP contribution < -0.4 is 0 Å². The van der Waals surface area contributed by atoms with Crippen LogP contribution in [0.2, 0.25) is 0 Å². The van der Waals surface area contributed by atoms with Gasteiger partial charge in [0.1, 0.15) is 0 Å². The van der Waals surface area contributed by atoms with Crippen LogP contribution in [0.1, 0.15) is 24.0 Å². The van der Waals surface area contributed by atoms with Gasteiger partial charge in [0.25, 0.3) is 0 Å². The summed E-state index contributed by atoms with van der Waals surface area (Å²) in [6.07, 6.45) is 4.27. The molecule has 1 heteroatoms. The van der Waals surface area contributed by atoms with Gasteiger partial charge < -0.3 is 4.57 Å². The van der Waals surface area contributed by atoms with Crippen molar-refractivity contribution >= 4 is 0 Å². The molecule has 14 heavy (non-hydrogen) atoms. The molecule has 0 N–H and O–H groups in total. The van der Waals surface area contributed by atoms with Crippen LogP contribution in [0.25, 0.3) is 0 Å². The molecule has 0 fully saturated rings. The lowest BCUT2D eigenvalue weighted by Gasteiger charge is -2.09. The molecular formula is C13H15N. The lowest BCUT2D eigenvalue weighted by atomic mass is 9.96. The lowest BCUT2D eigenvalue weighted by molar-refractivity contribution is 0.885. The Bertz CT molecular complexity index is 400. The Labute approximate surface area is 85.0 Å². The molecule has 72 valence electrons. The number of benzene rings is 1. The SMILES string of the molecule is CC(c1ccccc1)c1ccn(C)c1. The van der Waals surface area contributed by atoms with E-state index in [2.05, 4.69) is 67.3 Å². The van der Waals surface area contributed by atoms with Gasteiger partial charge in [0.15, 0.2) is 0 Å². The minimum Gasteiger partial charge on any atom is -0.357 e. The van der Waals surface area contributed by atoms with Crippen molar-refractivity contribution in [2.24, 2.45) is 7.05 Å². The normalized spacial score (nSPS) is 12.7. The molecule has 0 spiro atoms. The van der Waals surface area contributed by atoms with E-state index in [0.29, 0.717) is 5.92 Å². The fourth-order valence-corrected chi connectivity index (χ4v) is 1.72. The van der Waals surface area contributed by atoms with Crippen LogP contribution >= 0.6 is 0 Å². The first-order valence-corrected chi connectivity index (χ1v) is 4.94. The molecule has 1 unspecified atom stereocenters. The average molecular weight is 185 g/mol. The molecule has 1 atom stereocenters. The Balaban J connectivity index is 2.29. The predicted octanol–water partition coefficient (Wildman–Crippen LogP) is 3.18. The minimum atomic E-state index is 0.484. The Morgan fingerprint density at radius 3 is 2.29 bits per heavy atom. The van der Waals surface area contributed by atoms with Gasteiger partial charge in [-0.2, -0.15) is 0 Å². The topological polar surface area (TPSA) is 4.93 Å². The zero-order valence-electron chi connectivity index (χ0n) is 8.64. The fraction of sp³-hybridized carbons (Fsp3) is 0.231. The van der Waals surface area contributed by atoms with Gasteiger partial charge in [0.2, 0.25) is 0 Å². The number of hydrogen-bond acceptors (Lipinski definition) is 0. The standard InChI is InChI=1S/C13H15N/c1-11(12-6-4-3-5-7-12)13-8-9-14(2)10-13/h3-11H,1-2H3. The van der Waals surface area contributed by atoms with Gasteiger partial charge in [0.05, 0.1) is 0 Å². The summed E-state index contributed by atoms with van der Waals surface area (Å²) in [4.78, 5) is 0. The Morgan fingerprint density at radius 1 is 1.00 bits per heavy atom. The van der Waals surface area contributed by atoms with E-state index >= 15 is 0 Å². The number of hydrogen-bond donors (Lipinski definition) is 0. The van der Waals surface area contributed by atoms with Crippen LogP contribution in [-0.4, -0.2) is 4.57 Å². The second kappa shape index (κ2) is 3.70. The zero-order valence-corrected chi connectivity index (χ0v) is 8.64. The smallest absolute Gasteiger partial charge is 0.0106 e. The molecule has 1 nitrogen and oxygen atoms in total. The van der Waals surface area contributed by atoms with Gasteiger partial charge in [-0.1, -0.05) is 37.3 Å². The molecule has 1 aromatic carbocycles. The maximum absolute atomic E-state index is 2.24. The Hall–Kier alpha value is -1.50. The third-order valence-electron chi connectivity index (χ3n) is 2.65. The van der Waals surface area contributed by atoms with E-state index in [1.165, 1.54) is 11.1 Å². The molecule has 2 rings (SSSR count). The average Bonchev–Trinajstić information content (AvgIpc) is 2.65. The molecule has 0 saturated heterocycles. The highest BCUT2D eigenvalue weighted by Crippen LogP contribution is 2.23. The molecule has 0 aliphatic heterocycles. The second-order valence-corrected chi connectivity index (χ2v) is 3.74. The van der Waals surface area contributed by atoms with Crippen molar-refractivity contribution in [3.8, 4) is 0 Å². The number of nitrogens with zero attached hydrogens (tertiary/aromatic N) is 1. The van der Waals surface area contributed by atoms with Crippen molar-refractivity contribution in [1.82, 2.24) is 4.57 Å². The zero-order chi connectivity index (χ0) is 9.97. The van der Waals surface area contributed by atoms with Crippen LogP contribution in [0.5, 0.6) is 0 Å². The van der Waals surface area contributed by atoms with Crippen LogP contribution in [0, 0.1) is 0 Å². The molecule has 1 aromatic heterocycles. The molecule has 0 radical (unpaired) electrons. The van der Waals surface area contributed by atoms with Gasteiger partial charge >= 0.3 is 0 Å². The maximum Gasteiger partial charge on any atom is 0.0106 e. The van der Waals surface area contributed by atoms with Crippen molar-refractivity contribution < 1.29 is 0 Å². The number of rotatable bonds is 2. The summed E-state index contributed by atoms with van der Waals surface area (Å²) < 4.78 is 2.09. The van der Waals surface area contributed by atoms with E-state index in [1.54, 1.807) is 0 Å². The molecule has 1 heterocycles. The summed E-state index contributed by atoms with van der Waals surface area (Å²) in [7, 11) is 2.06. The van der Waals surface area contributed by atoms with Crippen molar-refractivity contribution in [2.75, 3.05) is 0 Å². The van der Waals surface area contributed by atoms with Crippen LogP contribution in [0.3, 0.4) is 0 Å². The van der Waals surface area contributed by atoms with Gasteiger partial charge in [0, 0.05) is 25.4 Å². The molecule has 0 bridgehead atoms. The monoisotopic (exact) mass is 185 g/mol. The first-order chi connectivity index (χ1) is 6.77. The summed E-state index contributed by atoms with van der Waals surface area (Å²) in [5.41, 5.74) is 2.75. The van der Waals surface area contributed by atoms with Crippen molar-refractivity contribution in [2.45, 2.75) is 12.8 Å². The predicted molar refractivity (Wildman–Crippen MR) is 59.4 cm³/mol. The first-order valence-electron chi connectivity index (χ1n) is 4.94. The molecular weight excluding hydrogens is 170 g/mol. The summed E-state index contributed by atoms with van der Waals surface area (Å²) >= 11 is 0. The number of aromatic nitrogens is 1. The van der Waals surface area contributed by atoms with E-state index in [9.17, 15) is 0 Å². The molecule has 0 aliphatic carbocycles. The van der Waals surface area contributed by atoms with E-state index in [-0.39, 0.29) is 0 Å². The largest absolute Gasteiger partial charge is 0.357 e. The summed E-state index contributed by atoms with van der Waals surface area (Å²) in [6, 6.07) is 12.8. The van der Waals surface area contributed by atoms with Crippen molar-refractivity contribution in [3.05, 3.63) is 59.9 Å². The highest BCUT2D eigenvalue weighted by molar-refractivity contribution is 5.29. The van der Waals surface area contributed by atoms with Crippen molar-refractivity contribution in [1.29, 1.82) is 0 Å². The molecule has 2 aromatic rings. The summed E-state index contributed by atoms with van der Waals surface area (Å²) in [5, 5.41) is 0. The van der Waals surface area contributed by atoms with Crippen LogP contribution in [0.4, 0.5) is 0 Å². The highest BCUT2D eigenvalue weighted by Gasteiger charge is 2.07. The minimum absolute atomic E-state index is 0.484. The van der Waals surface area contributed by atoms with Gasteiger partial charge in [-0.15, -0.1) is 0 Å². The maximum atomic E-state index is 2.24.